The van der Waals surface area contributed by atoms with Gasteiger partial charge in [-0.25, -0.2) is 4.98 Å². The van der Waals surface area contributed by atoms with E-state index in [1.807, 2.05) is 48.5 Å². The number of hydrazine groups is 1. The van der Waals surface area contributed by atoms with Crippen LogP contribution in [0.15, 0.2) is 69.6 Å². The average Bonchev–Trinajstić information content (AvgIpc) is 2.67. The number of nitrogens with one attached hydrogen (secondary N) is 2. The number of pyridine rings is 1. The van der Waals surface area contributed by atoms with Crippen LogP contribution in [-0.2, 0) is 0 Å². The van der Waals surface area contributed by atoms with Gasteiger partial charge < -0.3 is 5.11 Å². The van der Waals surface area contributed by atoms with E-state index in [1.54, 1.807) is 12.1 Å². The van der Waals surface area contributed by atoms with Crippen molar-refractivity contribution < 1.29 is 9.90 Å². The summed E-state index contributed by atoms with van der Waals surface area (Å²) < 4.78 is 1.11. The summed E-state index contributed by atoms with van der Waals surface area (Å²) in [6, 6.07) is 18.6. The second-order valence-corrected chi connectivity index (χ2v) is 7.65. The zero-order valence-corrected chi connectivity index (χ0v) is 17.0. The van der Waals surface area contributed by atoms with Gasteiger partial charge in [0, 0.05) is 15.2 Å². The first-order valence-electron chi connectivity index (χ1n) is 8.06. The zero-order valence-electron chi connectivity index (χ0n) is 13.8. The van der Waals surface area contributed by atoms with Crippen LogP contribution in [0.3, 0.4) is 0 Å². The minimum absolute atomic E-state index is 0.123. The van der Waals surface area contributed by atoms with Gasteiger partial charge in [0.05, 0.1) is 26.8 Å². The van der Waals surface area contributed by atoms with Crippen LogP contribution in [-0.4, -0.2) is 16.0 Å². The first-order chi connectivity index (χ1) is 13.0. The van der Waals surface area contributed by atoms with E-state index in [-0.39, 0.29) is 11.3 Å². The molecule has 0 atom stereocenters. The van der Waals surface area contributed by atoms with Crippen LogP contribution >= 0.6 is 31.9 Å². The molecule has 0 spiro atoms. The zero-order chi connectivity index (χ0) is 19.0. The molecule has 27 heavy (non-hydrogen) atoms. The Bertz CT molecular complexity index is 1140. The molecule has 0 bridgehead atoms. The van der Waals surface area contributed by atoms with E-state index in [4.69, 9.17) is 0 Å². The lowest BCUT2D eigenvalue weighted by atomic mass is 10.1. The lowest BCUT2D eigenvalue weighted by Gasteiger charge is -2.15. The first-order valence-corrected chi connectivity index (χ1v) is 9.65. The predicted octanol–water partition coefficient (Wildman–Crippen LogP) is 5.38. The van der Waals surface area contributed by atoms with Crippen molar-refractivity contribution in [3.05, 3.63) is 75.2 Å². The highest BCUT2D eigenvalue weighted by Gasteiger charge is 2.16. The number of rotatable bonds is 3. The molecular weight excluding hydrogens is 474 g/mol. The monoisotopic (exact) mass is 485 g/mol. The van der Waals surface area contributed by atoms with Crippen LogP contribution in [0.25, 0.3) is 21.8 Å². The fourth-order valence-corrected chi connectivity index (χ4v) is 4.13. The van der Waals surface area contributed by atoms with Crippen molar-refractivity contribution in [1.82, 2.24) is 10.4 Å². The maximum Gasteiger partial charge on any atom is 0.273 e. The van der Waals surface area contributed by atoms with E-state index in [2.05, 4.69) is 47.7 Å². The summed E-state index contributed by atoms with van der Waals surface area (Å²) in [4.78, 5) is 17.3. The second kappa shape index (κ2) is 7.17. The molecule has 1 amide bonds. The average molecular weight is 487 g/mol. The minimum Gasteiger partial charge on any atom is -0.506 e. The molecule has 7 heteroatoms. The smallest absolute Gasteiger partial charge is 0.273 e. The number of aromatic hydroxyl groups is 1. The molecular formula is C20H13Br2N3O2. The summed E-state index contributed by atoms with van der Waals surface area (Å²) in [5.74, 6) is -0.582. The molecule has 0 aliphatic rings. The molecule has 1 heterocycles. The molecule has 0 unspecified atom stereocenters. The van der Waals surface area contributed by atoms with Gasteiger partial charge in [-0.2, -0.15) is 0 Å². The van der Waals surface area contributed by atoms with E-state index in [1.165, 1.54) is 0 Å². The maximum atomic E-state index is 12.6. The number of para-hydroxylation sites is 2. The van der Waals surface area contributed by atoms with Crippen LogP contribution in [0.4, 0.5) is 5.69 Å². The Morgan fingerprint density at radius 1 is 0.926 bits per heavy atom. The summed E-state index contributed by atoms with van der Waals surface area (Å²) in [6.07, 6.45) is 0. The van der Waals surface area contributed by atoms with E-state index < -0.39 is 5.91 Å². The molecule has 5 nitrogen and oxygen atoms in total. The van der Waals surface area contributed by atoms with Crippen molar-refractivity contribution in [2.45, 2.75) is 0 Å². The van der Waals surface area contributed by atoms with Gasteiger partial charge in [0.25, 0.3) is 5.91 Å². The van der Waals surface area contributed by atoms with E-state index >= 15 is 0 Å². The van der Waals surface area contributed by atoms with Crippen molar-refractivity contribution in [3.63, 3.8) is 0 Å². The summed E-state index contributed by atoms with van der Waals surface area (Å²) in [7, 11) is 0. The number of benzene rings is 3. The molecule has 0 aliphatic heterocycles. The molecule has 4 rings (SSSR count). The number of phenols is 1. The molecule has 3 N–H and O–H groups in total. The molecule has 134 valence electrons. The molecule has 0 radical (unpaired) electrons. The van der Waals surface area contributed by atoms with E-state index in [9.17, 15) is 9.90 Å². The normalized spacial score (nSPS) is 10.9. The van der Waals surface area contributed by atoms with Gasteiger partial charge in [0.15, 0.2) is 0 Å². The number of hydrogen-bond acceptors (Lipinski definition) is 4. The van der Waals surface area contributed by atoms with Crippen molar-refractivity contribution >= 4 is 65.3 Å². The minimum atomic E-state index is -0.459. The second-order valence-electron chi connectivity index (χ2n) is 5.88. The predicted molar refractivity (Wildman–Crippen MR) is 114 cm³/mol. The van der Waals surface area contributed by atoms with Crippen molar-refractivity contribution in [3.8, 4) is 5.75 Å². The summed E-state index contributed by atoms with van der Waals surface area (Å²) in [6.45, 7) is 0. The third kappa shape index (κ3) is 3.36. The summed E-state index contributed by atoms with van der Waals surface area (Å²) in [5.41, 5.74) is 8.22. The Hall–Kier alpha value is -2.64. The van der Waals surface area contributed by atoms with Crippen LogP contribution in [0, 0.1) is 0 Å². The van der Waals surface area contributed by atoms with Crippen LogP contribution in [0.2, 0.25) is 0 Å². The largest absolute Gasteiger partial charge is 0.506 e. The Kier molecular flexibility index (Phi) is 4.72. The third-order valence-electron chi connectivity index (χ3n) is 4.16. The molecule has 0 aliphatic carbocycles. The van der Waals surface area contributed by atoms with Crippen molar-refractivity contribution in [2.24, 2.45) is 0 Å². The van der Waals surface area contributed by atoms with Gasteiger partial charge in [0.2, 0.25) is 0 Å². The topological polar surface area (TPSA) is 74.2 Å². The third-order valence-corrected chi connectivity index (χ3v) is 5.22. The number of aromatic nitrogens is 1. The SMILES string of the molecule is O=C(NNc1c2ccccc2nc2ccccc12)c1cc(Br)cc(Br)c1O. The molecule has 0 saturated carbocycles. The number of nitrogens with zero attached hydrogens (tertiary/aromatic N) is 1. The van der Waals surface area contributed by atoms with Gasteiger partial charge >= 0.3 is 0 Å². The maximum absolute atomic E-state index is 12.6. The lowest BCUT2D eigenvalue weighted by Crippen LogP contribution is -2.29. The van der Waals surface area contributed by atoms with Crippen molar-refractivity contribution in [1.29, 1.82) is 0 Å². The fourth-order valence-electron chi connectivity index (χ4n) is 2.90. The molecule has 0 fully saturated rings. The highest BCUT2D eigenvalue weighted by molar-refractivity contribution is 9.11. The summed E-state index contributed by atoms with van der Waals surface area (Å²) in [5, 5.41) is 11.9. The fraction of sp³-hybridized carbons (Fsp3) is 0. The van der Waals surface area contributed by atoms with Gasteiger partial charge in [-0.3, -0.25) is 15.6 Å². The highest BCUT2D eigenvalue weighted by atomic mass is 79.9. The highest BCUT2D eigenvalue weighted by Crippen LogP contribution is 2.32. The number of hydrogen-bond donors (Lipinski definition) is 3. The lowest BCUT2D eigenvalue weighted by molar-refractivity contribution is 0.0960. The van der Waals surface area contributed by atoms with E-state index in [0.29, 0.717) is 8.95 Å². The number of amides is 1. The Balaban J connectivity index is 1.74. The number of carbonyl (C=O) groups is 1. The molecule has 4 aromatic rings. The molecule has 3 aromatic carbocycles. The van der Waals surface area contributed by atoms with Crippen molar-refractivity contribution in [2.75, 3.05) is 5.43 Å². The Labute approximate surface area is 171 Å². The number of fused-ring (bicyclic) bond motifs is 2. The Morgan fingerprint density at radius 2 is 1.52 bits per heavy atom. The summed E-state index contributed by atoms with van der Waals surface area (Å²) >= 11 is 6.56. The van der Waals surface area contributed by atoms with E-state index in [0.717, 1.165) is 27.5 Å². The van der Waals surface area contributed by atoms with Crippen LogP contribution < -0.4 is 10.9 Å². The van der Waals surface area contributed by atoms with Crippen LogP contribution in [0.5, 0.6) is 5.75 Å². The molecule has 0 saturated heterocycles. The standard InChI is InChI=1S/C20H13Br2N3O2/c21-11-9-14(19(26)15(22)10-11)20(27)25-24-18-12-5-1-3-7-16(12)23-17-8-4-2-6-13(17)18/h1-10,26H,(H,23,24)(H,25,27). The number of anilines is 1. The quantitative estimate of drug-likeness (QED) is 0.268. The Morgan fingerprint density at radius 3 is 2.15 bits per heavy atom. The van der Waals surface area contributed by atoms with Gasteiger partial charge in [-0.1, -0.05) is 52.3 Å². The van der Waals surface area contributed by atoms with Crippen LogP contribution in [0.1, 0.15) is 10.4 Å². The van der Waals surface area contributed by atoms with Gasteiger partial charge in [-0.15, -0.1) is 0 Å². The number of halogens is 2. The number of phenolic OH excluding ortho intramolecular Hbond substituents is 1. The van der Waals surface area contributed by atoms with Gasteiger partial charge in [0.1, 0.15) is 5.75 Å². The molecule has 1 aromatic heterocycles. The first kappa shape index (κ1) is 17.8. The van der Waals surface area contributed by atoms with Gasteiger partial charge in [-0.05, 0) is 40.2 Å². The number of carbonyl (C=O) groups excluding carboxylic acids is 1.